The minimum Gasteiger partial charge on any atom is -1.00 e. The summed E-state index contributed by atoms with van der Waals surface area (Å²) in [5.41, 5.74) is 1.25. The normalized spacial score (nSPS) is 12.4. The van der Waals surface area contributed by atoms with Gasteiger partial charge in [0.2, 0.25) is 0 Å². The third-order valence-corrected chi connectivity index (χ3v) is 4.12. The van der Waals surface area contributed by atoms with Crippen LogP contribution in [0.15, 0.2) is 60.7 Å². The second-order valence-corrected chi connectivity index (χ2v) is 6.37. The van der Waals surface area contributed by atoms with E-state index in [-0.39, 0.29) is 24.3 Å². The molecule has 0 fully saturated rings. The largest absolute Gasteiger partial charge is 1.00 e. The third-order valence-electron chi connectivity index (χ3n) is 4.12. The van der Waals surface area contributed by atoms with E-state index in [1.807, 2.05) is 60.7 Å². The van der Waals surface area contributed by atoms with Crippen molar-refractivity contribution in [3.63, 3.8) is 0 Å². The smallest absolute Gasteiger partial charge is 0.303 e. The molecule has 1 atom stereocenters. The zero-order chi connectivity index (χ0) is 16.9. The highest BCUT2D eigenvalue weighted by atomic mass is 35.5. The van der Waals surface area contributed by atoms with Crippen molar-refractivity contribution in [2.24, 2.45) is 5.92 Å². The topological polar surface area (TPSA) is 30.7 Å². The molecule has 0 heterocycles. The predicted octanol–water partition coefficient (Wildman–Crippen LogP) is -0.722. The van der Waals surface area contributed by atoms with Crippen molar-refractivity contribution in [3.05, 3.63) is 71.8 Å². The van der Waals surface area contributed by atoms with Crippen LogP contribution in [0.25, 0.3) is 0 Å². The molecule has 2 rings (SSSR count). The number of halogens is 1. The molecule has 0 spiro atoms. The molecular formula is C20H26ClNO2. The van der Waals surface area contributed by atoms with E-state index in [0.29, 0.717) is 0 Å². The summed E-state index contributed by atoms with van der Waals surface area (Å²) >= 11 is 0. The summed E-state index contributed by atoms with van der Waals surface area (Å²) in [4.78, 5) is 13.3. The molecule has 0 aliphatic rings. The lowest BCUT2D eigenvalue weighted by molar-refractivity contribution is -0.862. The highest BCUT2D eigenvalue weighted by Crippen LogP contribution is 2.40. The summed E-state index contributed by atoms with van der Waals surface area (Å²) in [6, 6.07) is 20.1. The first-order valence-electron chi connectivity index (χ1n) is 8.06. The van der Waals surface area contributed by atoms with E-state index in [4.69, 9.17) is 4.74 Å². The lowest BCUT2D eigenvalue weighted by Gasteiger charge is -2.39. The van der Waals surface area contributed by atoms with Gasteiger partial charge in [-0.15, -0.1) is 0 Å². The summed E-state index contributed by atoms with van der Waals surface area (Å²) in [6.07, 6.45) is 0. The number of benzene rings is 2. The number of quaternary nitrogens is 1. The first-order chi connectivity index (χ1) is 11.0. The molecule has 1 unspecified atom stereocenters. The van der Waals surface area contributed by atoms with E-state index in [2.05, 4.69) is 21.0 Å². The Morgan fingerprint density at radius 1 is 1.00 bits per heavy atom. The van der Waals surface area contributed by atoms with Crippen LogP contribution in [0.5, 0.6) is 0 Å². The van der Waals surface area contributed by atoms with E-state index in [1.54, 1.807) is 0 Å². The van der Waals surface area contributed by atoms with Crippen LogP contribution in [-0.4, -0.2) is 26.6 Å². The van der Waals surface area contributed by atoms with E-state index in [0.717, 1.165) is 17.7 Å². The van der Waals surface area contributed by atoms with Crippen molar-refractivity contribution in [1.29, 1.82) is 0 Å². The lowest BCUT2D eigenvalue weighted by atomic mass is 9.76. The van der Waals surface area contributed by atoms with Gasteiger partial charge in [-0.3, -0.25) is 4.79 Å². The van der Waals surface area contributed by atoms with E-state index >= 15 is 0 Å². The zero-order valence-electron chi connectivity index (χ0n) is 14.8. The van der Waals surface area contributed by atoms with Crippen molar-refractivity contribution < 1.29 is 26.8 Å². The molecule has 0 saturated heterocycles. The fraction of sp³-hybridized carbons (Fsp3) is 0.350. The molecule has 1 N–H and O–H groups in total. The van der Waals surface area contributed by atoms with Crippen LogP contribution in [0, 0.1) is 5.92 Å². The lowest BCUT2D eigenvalue weighted by Crippen LogP contribution is -3.06. The Kier molecular flexibility index (Phi) is 7.46. The second-order valence-electron chi connectivity index (χ2n) is 6.37. The number of esters is 1. The number of rotatable bonds is 6. The maximum absolute atomic E-state index is 12.0. The molecule has 2 aromatic carbocycles. The maximum atomic E-state index is 12.0. The molecule has 24 heavy (non-hydrogen) atoms. The Bertz CT molecular complexity index is 589. The molecule has 0 saturated carbocycles. The van der Waals surface area contributed by atoms with Crippen LogP contribution in [0.2, 0.25) is 0 Å². The quantitative estimate of drug-likeness (QED) is 0.699. The van der Waals surface area contributed by atoms with Gasteiger partial charge in [-0.2, -0.15) is 0 Å². The zero-order valence-corrected chi connectivity index (χ0v) is 15.5. The van der Waals surface area contributed by atoms with Gasteiger partial charge in [0.1, 0.15) is 0 Å². The van der Waals surface area contributed by atoms with Crippen LogP contribution in [-0.2, 0) is 15.1 Å². The molecule has 4 heteroatoms. The number of ether oxygens (including phenoxy) is 1. The maximum Gasteiger partial charge on any atom is 0.303 e. The van der Waals surface area contributed by atoms with Gasteiger partial charge in [0, 0.05) is 18.1 Å². The van der Waals surface area contributed by atoms with Gasteiger partial charge >= 0.3 is 5.97 Å². The molecule has 0 aliphatic heterocycles. The van der Waals surface area contributed by atoms with Crippen molar-refractivity contribution in [3.8, 4) is 0 Å². The number of carbonyl (C=O) groups is 1. The highest BCUT2D eigenvalue weighted by Gasteiger charge is 2.44. The first-order valence-corrected chi connectivity index (χ1v) is 8.06. The number of hydrogen-bond donors (Lipinski definition) is 1. The fourth-order valence-corrected chi connectivity index (χ4v) is 3.31. The third kappa shape index (κ3) is 4.37. The molecule has 0 bridgehead atoms. The summed E-state index contributed by atoms with van der Waals surface area (Å²) in [5, 5.41) is 0. The monoisotopic (exact) mass is 347 g/mol. The summed E-state index contributed by atoms with van der Waals surface area (Å²) in [7, 11) is 4.23. The fourth-order valence-electron chi connectivity index (χ4n) is 3.31. The predicted molar refractivity (Wildman–Crippen MR) is 92.3 cm³/mol. The number of carbonyl (C=O) groups excluding carboxylic acids is 1. The molecule has 0 amide bonds. The van der Waals surface area contributed by atoms with Gasteiger partial charge < -0.3 is 22.0 Å². The average Bonchev–Trinajstić information content (AvgIpc) is 2.53. The van der Waals surface area contributed by atoms with Crippen LogP contribution in [0.1, 0.15) is 25.0 Å². The second kappa shape index (κ2) is 8.86. The SMILES string of the molecule is CC(=O)OC(c1ccccc1)(c1ccccc1)C(C)C[NH+](C)C.[Cl-]. The number of nitrogens with one attached hydrogen (secondary N) is 1. The Morgan fingerprint density at radius 2 is 1.42 bits per heavy atom. The van der Waals surface area contributed by atoms with Gasteiger partial charge in [0.05, 0.1) is 26.6 Å². The minimum atomic E-state index is -0.772. The van der Waals surface area contributed by atoms with E-state index < -0.39 is 5.60 Å². The molecular weight excluding hydrogens is 322 g/mol. The van der Waals surface area contributed by atoms with Crippen LogP contribution in [0.3, 0.4) is 0 Å². The molecule has 3 nitrogen and oxygen atoms in total. The Hall–Kier alpha value is -1.84. The van der Waals surface area contributed by atoms with Crippen LogP contribution in [0.4, 0.5) is 0 Å². The van der Waals surface area contributed by atoms with Crippen molar-refractivity contribution in [2.45, 2.75) is 19.4 Å². The van der Waals surface area contributed by atoms with Gasteiger partial charge in [-0.1, -0.05) is 67.6 Å². The highest BCUT2D eigenvalue weighted by molar-refractivity contribution is 5.67. The van der Waals surface area contributed by atoms with E-state index in [1.165, 1.54) is 11.8 Å². The van der Waals surface area contributed by atoms with Gasteiger partial charge in [-0.05, 0) is 0 Å². The van der Waals surface area contributed by atoms with Crippen LogP contribution >= 0.6 is 0 Å². The molecule has 2 aromatic rings. The molecule has 0 aromatic heterocycles. The Morgan fingerprint density at radius 3 is 1.75 bits per heavy atom. The van der Waals surface area contributed by atoms with Gasteiger partial charge in [0.15, 0.2) is 5.60 Å². The van der Waals surface area contributed by atoms with Crippen molar-refractivity contribution >= 4 is 5.97 Å². The Labute approximate surface area is 151 Å². The summed E-state index contributed by atoms with van der Waals surface area (Å²) in [5.74, 6) is -0.139. The van der Waals surface area contributed by atoms with Gasteiger partial charge in [0.25, 0.3) is 0 Å². The molecule has 130 valence electrons. The van der Waals surface area contributed by atoms with Crippen LogP contribution < -0.4 is 17.3 Å². The summed E-state index contributed by atoms with van der Waals surface area (Å²) < 4.78 is 6.02. The Balaban J connectivity index is 0.00000288. The van der Waals surface area contributed by atoms with Crippen molar-refractivity contribution in [1.82, 2.24) is 0 Å². The molecule has 0 aliphatic carbocycles. The number of hydrogen-bond acceptors (Lipinski definition) is 2. The standard InChI is InChI=1S/C20H25NO2.ClH/c1-16(15-21(3)4)20(23-17(2)22,18-11-7-5-8-12-18)19-13-9-6-10-14-19;/h5-14,16H,15H2,1-4H3;1H. The summed E-state index contributed by atoms with van der Waals surface area (Å²) in [6.45, 7) is 4.52. The molecule has 0 radical (unpaired) electrons. The minimum absolute atomic E-state index is 0. The first kappa shape index (κ1) is 20.2. The average molecular weight is 348 g/mol. The van der Waals surface area contributed by atoms with E-state index in [9.17, 15) is 4.79 Å². The van der Waals surface area contributed by atoms with Gasteiger partial charge in [-0.25, -0.2) is 0 Å². The van der Waals surface area contributed by atoms with Crippen molar-refractivity contribution in [2.75, 3.05) is 20.6 Å².